The molecule has 0 bridgehead atoms. The lowest BCUT2D eigenvalue weighted by Gasteiger charge is -2.47. The quantitative estimate of drug-likeness (QED) is 0.618. The fraction of sp³-hybridized carbons (Fsp3) is 0.304. The highest BCUT2D eigenvalue weighted by Gasteiger charge is 2.76. The number of rotatable bonds is 4. The van der Waals surface area contributed by atoms with Gasteiger partial charge in [-0.3, -0.25) is 4.79 Å². The number of benzene rings is 1. The second-order valence-electron chi connectivity index (χ2n) is 8.48. The number of likely N-dealkylation sites (tertiary alicyclic amines) is 1. The van der Waals surface area contributed by atoms with Crippen molar-refractivity contribution in [3.8, 4) is 17.3 Å². The summed E-state index contributed by atoms with van der Waals surface area (Å²) in [5.41, 5.74) is 1.28. The molecule has 3 aromatic rings. The van der Waals surface area contributed by atoms with E-state index in [4.69, 9.17) is 16.3 Å². The van der Waals surface area contributed by atoms with Crippen molar-refractivity contribution in [2.75, 3.05) is 6.54 Å². The van der Waals surface area contributed by atoms with Crippen molar-refractivity contribution >= 4 is 17.5 Å². The molecular formula is C23H18ClFN4O2. The van der Waals surface area contributed by atoms with E-state index in [0.717, 1.165) is 31.8 Å². The van der Waals surface area contributed by atoms with Gasteiger partial charge >= 0.3 is 0 Å². The molecule has 6 rings (SSSR count). The molecule has 3 aliphatic rings. The Labute approximate surface area is 183 Å². The number of amides is 1. The van der Waals surface area contributed by atoms with Gasteiger partial charge in [0.15, 0.2) is 11.6 Å². The molecule has 4 unspecified atom stereocenters. The maximum atomic E-state index is 13.6. The summed E-state index contributed by atoms with van der Waals surface area (Å²) >= 11 is 5.92. The Balaban J connectivity index is 1.28. The van der Waals surface area contributed by atoms with Crippen LogP contribution in [0.3, 0.4) is 0 Å². The third kappa shape index (κ3) is 2.91. The molecule has 4 atom stereocenters. The minimum Gasteiger partial charge on any atom is -0.472 e. The van der Waals surface area contributed by atoms with Crippen molar-refractivity contribution in [1.29, 1.82) is 0 Å². The summed E-state index contributed by atoms with van der Waals surface area (Å²) in [6, 6.07) is 10.7. The highest BCUT2D eigenvalue weighted by Crippen LogP contribution is 2.71. The summed E-state index contributed by atoms with van der Waals surface area (Å²) in [4.78, 5) is 27.9. The Hall–Kier alpha value is -3.06. The summed E-state index contributed by atoms with van der Waals surface area (Å²) in [6.07, 6.45) is 5.75. The summed E-state index contributed by atoms with van der Waals surface area (Å²) in [7, 11) is 0. The van der Waals surface area contributed by atoms with E-state index in [1.807, 2.05) is 17.0 Å². The SMILES string of the molecule is O=C(c1ccccc1-c1ncc(F)cn1)N1CC2CC23CC(Oc2ccc(Cl)cn2)C13. The monoisotopic (exact) mass is 436 g/mol. The van der Waals surface area contributed by atoms with Crippen LogP contribution in [0.15, 0.2) is 55.0 Å². The van der Waals surface area contributed by atoms with E-state index < -0.39 is 5.82 Å². The first-order valence-corrected chi connectivity index (χ1v) is 10.6. The predicted molar refractivity (Wildman–Crippen MR) is 111 cm³/mol. The smallest absolute Gasteiger partial charge is 0.255 e. The van der Waals surface area contributed by atoms with Crippen LogP contribution in [0.2, 0.25) is 5.02 Å². The first kappa shape index (κ1) is 18.7. The molecule has 156 valence electrons. The number of pyridine rings is 1. The van der Waals surface area contributed by atoms with E-state index in [2.05, 4.69) is 15.0 Å². The second-order valence-corrected chi connectivity index (χ2v) is 8.92. The van der Waals surface area contributed by atoms with E-state index in [-0.39, 0.29) is 23.5 Å². The number of hydrogen-bond acceptors (Lipinski definition) is 5. The van der Waals surface area contributed by atoms with Crippen LogP contribution >= 0.6 is 11.6 Å². The molecule has 6 nitrogen and oxygen atoms in total. The fourth-order valence-electron chi connectivity index (χ4n) is 5.31. The van der Waals surface area contributed by atoms with Gasteiger partial charge in [-0.15, -0.1) is 0 Å². The number of carbonyl (C=O) groups excluding carboxylic acids is 1. The van der Waals surface area contributed by atoms with Gasteiger partial charge in [0.05, 0.1) is 29.0 Å². The second kappa shape index (κ2) is 6.72. The summed E-state index contributed by atoms with van der Waals surface area (Å²) in [5, 5.41) is 0.553. The minimum atomic E-state index is -0.514. The number of aromatic nitrogens is 3. The van der Waals surface area contributed by atoms with E-state index >= 15 is 0 Å². The molecule has 1 saturated heterocycles. The van der Waals surface area contributed by atoms with Crippen LogP contribution in [-0.4, -0.2) is 44.4 Å². The van der Waals surface area contributed by atoms with Gasteiger partial charge in [-0.25, -0.2) is 19.3 Å². The lowest BCUT2D eigenvalue weighted by Crippen LogP contribution is -2.59. The molecule has 0 N–H and O–H groups in total. The number of carbonyl (C=O) groups is 1. The molecule has 3 fully saturated rings. The number of nitrogens with zero attached hydrogens (tertiary/aromatic N) is 4. The Morgan fingerprint density at radius 3 is 2.68 bits per heavy atom. The summed E-state index contributed by atoms with van der Waals surface area (Å²) < 4.78 is 19.4. The maximum Gasteiger partial charge on any atom is 0.255 e. The van der Waals surface area contributed by atoms with E-state index in [9.17, 15) is 9.18 Å². The lowest BCUT2D eigenvalue weighted by atomic mass is 9.73. The van der Waals surface area contributed by atoms with E-state index in [0.29, 0.717) is 33.8 Å². The standard InChI is InChI=1S/C23H18ClFN4O2/c24-14-5-6-19(26-9-14)31-18-8-23-7-13(23)12-29(20(18)23)22(30)17-4-2-1-3-16(17)21-27-10-15(25)11-28-21/h1-6,9-11,13,18,20H,7-8,12H2. The van der Waals surface area contributed by atoms with E-state index in [1.54, 1.807) is 30.5 Å². The zero-order valence-corrected chi connectivity index (χ0v) is 17.2. The largest absolute Gasteiger partial charge is 0.472 e. The van der Waals surface area contributed by atoms with Crippen molar-refractivity contribution < 1.29 is 13.9 Å². The van der Waals surface area contributed by atoms with Crippen LogP contribution in [0, 0.1) is 17.2 Å². The highest BCUT2D eigenvalue weighted by atomic mass is 35.5. The van der Waals surface area contributed by atoms with Gasteiger partial charge in [0.2, 0.25) is 5.88 Å². The highest BCUT2D eigenvalue weighted by molar-refractivity contribution is 6.30. The van der Waals surface area contributed by atoms with Gasteiger partial charge in [0.25, 0.3) is 5.91 Å². The van der Waals surface area contributed by atoms with Gasteiger partial charge in [0, 0.05) is 29.8 Å². The lowest BCUT2D eigenvalue weighted by molar-refractivity contribution is -0.0345. The molecule has 2 saturated carbocycles. The molecular weight excluding hydrogens is 419 g/mol. The maximum absolute atomic E-state index is 13.6. The van der Waals surface area contributed by atoms with Crippen molar-refractivity contribution in [3.63, 3.8) is 0 Å². The molecule has 8 heteroatoms. The number of halogens is 2. The van der Waals surface area contributed by atoms with Gasteiger partial charge in [-0.1, -0.05) is 29.8 Å². The molecule has 0 radical (unpaired) electrons. The van der Waals surface area contributed by atoms with Crippen molar-refractivity contribution in [2.24, 2.45) is 11.3 Å². The van der Waals surface area contributed by atoms with Gasteiger partial charge in [-0.05, 0) is 30.9 Å². The molecule has 31 heavy (non-hydrogen) atoms. The van der Waals surface area contributed by atoms with Crippen LogP contribution in [0.5, 0.6) is 5.88 Å². The average molecular weight is 437 g/mol. The van der Waals surface area contributed by atoms with Crippen LogP contribution in [-0.2, 0) is 0 Å². The Kier molecular flexibility index (Phi) is 4.05. The first-order valence-electron chi connectivity index (χ1n) is 10.2. The molecule has 2 aromatic heterocycles. The zero-order valence-electron chi connectivity index (χ0n) is 16.4. The fourth-order valence-corrected chi connectivity index (χ4v) is 5.42. The van der Waals surface area contributed by atoms with Crippen LogP contribution in [0.1, 0.15) is 23.2 Å². The Morgan fingerprint density at radius 2 is 1.90 bits per heavy atom. The molecule has 3 heterocycles. The summed E-state index contributed by atoms with van der Waals surface area (Å²) in [5.74, 6) is 0.780. The van der Waals surface area contributed by atoms with Crippen molar-refractivity contribution in [3.05, 3.63) is 71.4 Å². The molecule has 1 aromatic carbocycles. The van der Waals surface area contributed by atoms with Crippen LogP contribution in [0.25, 0.3) is 11.4 Å². The zero-order chi connectivity index (χ0) is 21.2. The van der Waals surface area contributed by atoms with Gasteiger partial charge in [-0.2, -0.15) is 0 Å². The summed E-state index contributed by atoms with van der Waals surface area (Å²) in [6.45, 7) is 0.718. The number of hydrogen-bond donors (Lipinski definition) is 0. The normalized spacial score (nSPS) is 27.8. The minimum absolute atomic E-state index is 0.0182. The van der Waals surface area contributed by atoms with Crippen LogP contribution < -0.4 is 4.74 Å². The third-order valence-corrected chi connectivity index (χ3v) is 7.03. The molecule has 1 aliphatic heterocycles. The Bertz CT molecular complexity index is 1170. The molecule has 1 spiro atoms. The average Bonchev–Trinajstić information content (AvgIpc) is 3.43. The van der Waals surface area contributed by atoms with Crippen molar-refractivity contribution in [2.45, 2.75) is 25.0 Å². The number of piperidine rings is 1. The molecule has 1 amide bonds. The topological polar surface area (TPSA) is 68.2 Å². The van der Waals surface area contributed by atoms with Crippen molar-refractivity contribution in [1.82, 2.24) is 19.9 Å². The molecule has 2 aliphatic carbocycles. The van der Waals surface area contributed by atoms with Crippen LogP contribution in [0.4, 0.5) is 4.39 Å². The Morgan fingerprint density at radius 1 is 1.10 bits per heavy atom. The third-order valence-electron chi connectivity index (χ3n) is 6.81. The van der Waals surface area contributed by atoms with E-state index in [1.165, 1.54) is 0 Å². The van der Waals surface area contributed by atoms with Gasteiger partial charge in [0.1, 0.15) is 6.10 Å². The number of ether oxygens (including phenoxy) is 1. The predicted octanol–water partition coefficient (Wildman–Crippen LogP) is 4.01. The van der Waals surface area contributed by atoms with Gasteiger partial charge < -0.3 is 9.64 Å². The first-order chi connectivity index (χ1) is 15.0.